The fourth-order valence-electron chi connectivity index (χ4n) is 0. The number of hydrogen-bond donors (Lipinski definition) is 0. The van der Waals surface area contributed by atoms with Crippen LogP contribution in [0.1, 0.15) is 0 Å². The van der Waals surface area contributed by atoms with Gasteiger partial charge in [0.25, 0.3) is 0 Å². The average Bonchev–Trinajstić information content (AvgIpc) is 1.00. The Labute approximate surface area is 68.2 Å². The molecule has 0 unspecified atom stereocenters. The molecule has 0 saturated heterocycles. The maximum absolute atomic E-state index is 2.14. The molecule has 0 N–H and O–H groups in total. The van der Waals surface area contributed by atoms with Crippen LogP contribution in [0.25, 0.3) is 0 Å². The quantitative estimate of drug-likeness (QED) is 0.402. The summed E-state index contributed by atoms with van der Waals surface area (Å²) in [5.74, 6) is 0. The van der Waals surface area contributed by atoms with E-state index < -0.39 is 0 Å². The SMILES string of the molecule is B[SiH3].[Cr].[Fe].[Ni]. The van der Waals surface area contributed by atoms with Gasteiger partial charge in [-0.05, 0) is 10.1 Å². The van der Waals surface area contributed by atoms with Crippen molar-refractivity contribution < 1.29 is 50.9 Å². The van der Waals surface area contributed by atoms with Gasteiger partial charge in [0.05, 0.1) is 7.44 Å². The van der Waals surface area contributed by atoms with Crippen molar-refractivity contribution in [3.8, 4) is 0 Å². The summed E-state index contributed by atoms with van der Waals surface area (Å²) in [5.41, 5.74) is 0. The largest absolute Gasteiger partial charge is 0.0852 e. The summed E-state index contributed by atoms with van der Waals surface area (Å²) in [4.78, 5) is 0. The molecule has 0 atom stereocenters. The van der Waals surface area contributed by atoms with E-state index in [1.807, 2.05) is 0 Å². The van der Waals surface area contributed by atoms with Crippen LogP contribution in [0.3, 0.4) is 0 Å². The fourth-order valence-corrected chi connectivity index (χ4v) is 0. The molecule has 0 heterocycles. The molecule has 5 heteroatoms. The molecule has 0 nitrogen and oxygen atoms in total. The monoisotopic (exact) mass is 210 g/mol. The van der Waals surface area contributed by atoms with Crippen LogP contribution in [0.2, 0.25) is 0 Å². The Morgan fingerprint density at radius 2 is 1.20 bits per heavy atom. The predicted octanol–water partition coefficient (Wildman–Crippen LogP) is -2.11. The van der Waals surface area contributed by atoms with Crippen molar-refractivity contribution in [2.45, 2.75) is 0 Å². The third-order valence-electron chi connectivity index (χ3n) is 0. The van der Waals surface area contributed by atoms with Crippen molar-refractivity contribution in [3.05, 3.63) is 0 Å². The van der Waals surface area contributed by atoms with Gasteiger partial charge in [-0.3, -0.25) is 0 Å². The smallest absolute Gasteiger partial charge is 0.0304 e. The van der Waals surface area contributed by atoms with E-state index in [2.05, 4.69) is 7.44 Å². The molecule has 0 radical (unpaired) electrons. The van der Waals surface area contributed by atoms with Crippen molar-refractivity contribution >= 4 is 17.6 Å². The van der Waals surface area contributed by atoms with E-state index in [4.69, 9.17) is 0 Å². The number of hydrogen-bond acceptors (Lipinski definition) is 0. The molecule has 0 aliphatic heterocycles. The zero-order valence-electron chi connectivity index (χ0n) is 3.08. The van der Waals surface area contributed by atoms with Crippen LogP contribution < -0.4 is 0 Å². The van der Waals surface area contributed by atoms with Crippen LogP contribution in [0.5, 0.6) is 0 Å². The van der Waals surface area contributed by atoms with Crippen molar-refractivity contribution in [3.63, 3.8) is 0 Å². The molecule has 5 heavy (non-hydrogen) atoms. The van der Waals surface area contributed by atoms with Gasteiger partial charge in [-0.1, -0.05) is 0 Å². The van der Waals surface area contributed by atoms with Crippen molar-refractivity contribution in [1.82, 2.24) is 0 Å². The summed E-state index contributed by atoms with van der Waals surface area (Å²) in [7, 11) is 3.44. The molecule has 36 valence electrons. The van der Waals surface area contributed by atoms with E-state index in [0.717, 1.165) is 0 Å². The van der Waals surface area contributed by atoms with E-state index >= 15 is 0 Å². The van der Waals surface area contributed by atoms with Gasteiger partial charge < -0.3 is 0 Å². The van der Waals surface area contributed by atoms with Crippen LogP contribution in [0.15, 0.2) is 0 Å². The standard InChI is InChI=1S/BH5Si.Cr.Fe.Ni/c1-2;;;/h1H2,2H3;;;. The first kappa shape index (κ1) is 29.0. The minimum atomic E-state index is 0. The first-order valence-electron chi connectivity index (χ1n) is 1.00. The molecule has 0 spiro atoms. The molecule has 0 aliphatic carbocycles. The molecule has 0 aromatic carbocycles. The Kier molecular flexibility index (Phi) is 236. The van der Waals surface area contributed by atoms with Crippen molar-refractivity contribution in [1.29, 1.82) is 0 Å². The van der Waals surface area contributed by atoms with Gasteiger partial charge in [0.2, 0.25) is 0 Å². The second-order valence-electron chi connectivity index (χ2n) is 0. The summed E-state index contributed by atoms with van der Waals surface area (Å²) < 4.78 is 0. The number of rotatable bonds is 0. The summed E-state index contributed by atoms with van der Waals surface area (Å²) in [6, 6.07) is 0. The molecule has 0 aromatic heterocycles. The Morgan fingerprint density at radius 1 is 1.20 bits per heavy atom. The summed E-state index contributed by atoms with van der Waals surface area (Å²) in [5, 5.41) is 0. The molecule has 0 fully saturated rings. The van der Waals surface area contributed by atoms with E-state index in [0.29, 0.717) is 0 Å². The molecule has 0 rings (SSSR count). The van der Waals surface area contributed by atoms with Gasteiger partial charge in [-0.15, -0.1) is 0 Å². The molecule has 0 amide bonds. The van der Waals surface area contributed by atoms with Gasteiger partial charge in [-0.2, -0.15) is 0 Å². The first-order chi connectivity index (χ1) is 1.00. The Balaban J connectivity index is -0.00000000167. The summed E-state index contributed by atoms with van der Waals surface area (Å²) in [6.45, 7) is 0. The normalized spacial score (nSPS) is 1.60. The fraction of sp³-hybridized carbons (Fsp3) is 0. The summed E-state index contributed by atoms with van der Waals surface area (Å²) >= 11 is 0. The molecule has 0 aromatic rings. The summed E-state index contributed by atoms with van der Waals surface area (Å²) in [6.07, 6.45) is 0. The van der Waals surface area contributed by atoms with E-state index in [-0.39, 0.29) is 50.9 Å². The Bertz CT molecular complexity index is 11.6. The van der Waals surface area contributed by atoms with Crippen LogP contribution >= 0.6 is 0 Å². The first-order valence-corrected chi connectivity index (χ1v) is 3.00. The van der Waals surface area contributed by atoms with Crippen LogP contribution in [-0.2, 0) is 50.9 Å². The van der Waals surface area contributed by atoms with Gasteiger partial charge in [0.15, 0.2) is 0 Å². The Hall–Kier alpha value is 1.83. The van der Waals surface area contributed by atoms with Crippen LogP contribution in [0.4, 0.5) is 0 Å². The minimum Gasteiger partial charge on any atom is -0.0304 e. The second kappa shape index (κ2) is 40.7. The maximum atomic E-state index is 2.14. The molecule has 0 bridgehead atoms. The Morgan fingerprint density at radius 3 is 1.20 bits per heavy atom. The topological polar surface area (TPSA) is 0 Å². The van der Waals surface area contributed by atoms with Gasteiger partial charge >= 0.3 is 0 Å². The van der Waals surface area contributed by atoms with Gasteiger partial charge in [-0.25, -0.2) is 0 Å². The van der Waals surface area contributed by atoms with Crippen LogP contribution in [-0.4, -0.2) is 17.6 Å². The third-order valence-corrected chi connectivity index (χ3v) is 0. The minimum absolute atomic E-state index is 0. The molecular formula is H5BCrFeNiSi. The zero-order valence-corrected chi connectivity index (χ0v) is 8.44. The van der Waals surface area contributed by atoms with E-state index in [1.165, 1.54) is 10.1 Å². The van der Waals surface area contributed by atoms with Crippen molar-refractivity contribution in [2.75, 3.05) is 0 Å². The van der Waals surface area contributed by atoms with Crippen molar-refractivity contribution in [2.24, 2.45) is 0 Å². The molecule has 0 saturated carbocycles. The van der Waals surface area contributed by atoms with Crippen LogP contribution in [0, 0.1) is 0 Å². The van der Waals surface area contributed by atoms with Gasteiger partial charge in [0.1, 0.15) is 0 Å². The van der Waals surface area contributed by atoms with Gasteiger partial charge in [0, 0.05) is 50.9 Å². The van der Waals surface area contributed by atoms with E-state index in [1.54, 1.807) is 0 Å². The zero-order chi connectivity index (χ0) is 2.00. The average molecular weight is 210 g/mol. The predicted molar refractivity (Wildman–Crippen MR) is 18.5 cm³/mol. The molecular weight excluding hydrogens is 205 g/mol. The second-order valence-corrected chi connectivity index (χ2v) is 0. The third kappa shape index (κ3) is 25.6. The van der Waals surface area contributed by atoms with E-state index in [9.17, 15) is 0 Å². The maximum Gasteiger partial charge on any atom is 0.0852 e. The molecule has 0 aliphatic rings.